The SMILES string of the molecule is Clc1cccc(NCCN2CCC3CCCCC3C2)c1. The maximum Gasteiger partial charge on any atom is 0.0426 e. The van der Waals surface area contributed by atoms with Crippen LogP contribution in [0.4, 0.5) is 5.69 Å². The maximum absolute atomic E-state index is 6.00. The summed E-state index contributed by atoms with van der Waals surface area (Å²) in [7, 11) is 0. The Morgan fingerprint density at radius 2 is 2.00 bits per heavy atom. The first kappa shape index (κ1) is 14.2. The lowest BCUT2D eigenvalue weighted by atomic mass is 9.75. The molecular formula is C17H25ClN2. The van der Waals surface area contributed by atoms with Crippen molar-refractivity contribution >= 4 is 17.3 Å². The van der Waals surface area contributed by atoms with E-state index in [4.69, 9.17) is 11.6 Å². The average Bonchev–Trinajstić information content (AvgIpc) is 2.47. The largest absolute Gasteiger partial charge is 0.384 e. The van der Waals surface area contributed by atoms with Gasteiger partial charge in [-0.3, -0.25) is 0 Å². The lowest BCUT2D eigenvalue weighted by Gasteiger charge is -2.41. The number of benzene rings is 1. The Morgan fingerprint density at radius 3 is 2.85 bits per heavy atom. The van der Waals surface area contributed by atoms with Gasteiger partial charge in [0.15, 0.2) is 0 Å². The van der Waals surface area contributed by atoms with Crippen LogP contribution >= 0.6 is 11.6 Å². The molecule has 1 aromatic carbocycles. The lowest BCUT2D eigenvalue weighted by molar-refractivity contribution is 0.0898. The molecule has 2 unspecified atom stereocenters. The molecule has 1 saturated heterocycles. The van der Waals surface area contributed by atoms with E-state index < -0.39 is 0 Å². The summed E-state index contributed by atoms with van der Waals surface area (Å²) in [6.45, 7) is 4.77. The van der Waals surface area contributed by atoms with Crippen LogP contribution in [0.3, 0.4) is 0 Å². The van der Waals surface area contributed by atoms with E-state index in [0.717, 1.165) is 35.6 Å². The van der Waals surface area contributed by atoms with Crippen molar-refractivity contribution in [2.24, 2.45) is 11.8 Å². The number of anilines is 1. The Morgan fingerprint density at radius 1 is 1.15 bits per heavy atom. The zero-order valence-electron chi connectivity index (χ0n) is 12.2. The molecule has 2 atom stereocenters. The third kappa shape index (κ3) is 3.67. The number of nitrogens with one attached hydrogen (secondary N) is 1. The Labute approximate surface area is 127 Å². The van der Waals surface area contributed by atoms with E-state index in [1.165, 1.54) is 45.2 Å². The maximum atomic E-state index is 6.00. The van der Waals surface area contributed by atoms with Crippen LogP contribution in [0.25, 0.3) is 0 Å². The van der Waals surface area contributed by atoms with Gasteiger partial charge >= 0.3 is 0 Å². The van der Waals surface area contributed by atoms with Crippen molar-refractivity contribution in [3.8, 4) is 0 Å². The molecule has 20 heavy (non-hydrogen) atoms. The van der Waals surface area contributed by atoms with E-state index in [9.17, 15) is 0 Å². The second-order valence-electron chi connectivity index (χ2n) is 6.33. The van der Waals surface area contributed by atoms with Gasteiger partial charge in [-0.25, -0.2) is 0 Å². The summed E-state index contributed by atoms with van der Waals surface area (Å²) in [6.07, 6.45) is 7.29. The van der Waals surface area contributed by atoms with Crippen molar-refractivity contribution in [3.63, 3.8) is 0 Å². The molecule has 2 nitrogen and oxygen atoms in total. The fourth-order valence-corrected chi connectivity index (χ4v) is 4.03. The fourth-order valence-electron chi connectivity index (χ4n) is 3.84. The van der Waals surface area contributed by atoms with E-state index in [1.807, 2.05) is 18.2 Å². The number of hydrogen-bond acceptors (Lipinski definition) is 2. The van der Waals surface area contributed by atoms with Crippen LogP contribution in [0.5, 0.6) is 0 Å². The van der Waals surface area contributed by atoms with Crippen LogP contribution in [0.15, 0.2) is 24.3 Å². The standard InChI is InChI=1S/C17H25ClN2/c18-16-6-3-7-17(12-16)19-9-11-20-10-8-14-4-1-2-5-15(14)13-20/h3,6-7,12,14-15,19H,1-2,4-5,8-11,13H2. The molecule has 1 saturated carbocycles. The summed E-state index contributed by atoms with van der Waals surface area (Å²) < 4.78 is 0. The second kappa shape index (κ2) is 6.82. The van der Waals surface area contributed by atoms with Crippen molar-refractivity contribution in [3.05, 3.63) is 29.3 Å². The summed E-state index contributed by atoms with van der Waals surface area (Å²) in [4.78, 5) is 2.64. The fraction of sp³-hybridized carbons (Fsp3) is 0.647. The third-order valence-electron chi connectivity index (χ3n) is 4.96. The molecule has 1 heterocycles. The van der Waals surface area contributed by atoms with E-state index >= 15 is 0 Å². The molecule has 1 aliphatic heterocycles. The minimum absolute atomic E-state index is 0.804. The van der Waals surface area contributed by atoms with Gasteiger partial charge in [-0.1, -0.05) is 36.9 Å². The van der Waals surface area contributed by atoms with E-state index in [-0.39, 0.29) is 0 Å². The van der Waals surface area contributed by atoms with Gasteiger partial charge in [0.05, 0.1) is 0 Å². The molecule has 1 aromatic rings. The van der Waals surface area contributed by atoms with E-state index in [1.54, 1.807) is 0 Å². The summed E-state index contributed by atoms with van der Waals surface area (Å²) in [5.41, 5.74) is 1.13. The van der Waals surface area contributed by atoms with Crippen molar-refractivity contribution in [2.45, 2.75) is 32.1 Å². The molecule has 3 rings (SSSR count). The first-order valence-electron chi connectivity index (χ1n) is 8.03. The van der Waals surface area contributed by atoms with E-state index in [0.29, 0.717) is 0 Å². The topological polar surface area (TPSA) is 15.3 Å². The molecule has 2 aliphatic rings. The first-order valence-corrected chi connectivity index (χ1v) is 8.41. The van der Waals surface area contributed by atoms with Crippen molar-refractivity contribution in [1.29, 1.82) is 0 Å². The summed E-state index contributed by atoms with van der Waals surface area (Å²) in [5.74, 6) is 2.00. The van der Waals surface area contributed by atoms with Crippen LogP contribution in [0.1, 0.15) is 32.1 Å². The molecule has 1 N–H and O–H groups in total. The number of nitrogens with zero attached hydrogens (tertiary/aromatic N) is 1. The molecule has 0 amide bonds. The van der Waals surface area contributed by atoms with Gasteiger partial charge in [0.25, 0.3) is 0 Å². The predicted molar refractivity (Wildman–Crippen MR) is 86.4 cm³/mol. The van der Waals surface area contributed by atoms with Gasteiger partial charge in [0.1, 0.15) is 0 Å². The van der Waals surface area contributed by atoms with Gasteiger partial charge in [-0.05, 0) is 49.4 Å². The van der Waals surface area contributed by atoms with Crippen molar-refractivity contribution in [2.75, 3.05) is 31.5 Å². The number of piperidine rings is 1. The molecule has 0 aromatic heterocycles. The number of fused-ring (bicyclic) bond motifs is 1. The van der Waals surface area contributed by atoms with Crippen molar-refractivity contribution < 1.29 is 0 Å². The van der Waals surface area contributed by atoms with Gasteiger partial charge in [0, 0.05) is 30.3 Å². The summed E-state index contributed by atoms with van der Waals surface area (Å²) in [5, 5.41) is 4.28. The van der Waals surface area contributed by atoms with Crippen LogP contribution in [-0.4, -0.2) is 31.1 Å². The Balaban J connectivity index is 1.42. The number of likely N-dealkylation sites (tertiary alicyclic amines) is 1. The smallest absolute Gasteiger partial charge is 0.0426 e. The lowest BCUT2D eigenvalue weighted by Crippen LogP contribution is -2.43. The summed E-state index contributed by atoms with van der Waals surface area (Å²) in [6, 6.07) is 7.99. The zero-order chi connectivity index (χ0) is 13.8. The molecule has 0 spiro atoms. The number of rotatable bonds is 4. The molecule has 1 aliphatic carbocycles. The summed E-state index contributed by atoms with van der Waals surface area (Å²) >= 11 is 6.00. The molecule has 0 radical (unpaired) electrons. The third-order valence-corrected chi connectivity index (χ3v) is 5.19. The molecule has 0 bridgehead atoms. The highest BCUT2D eigenvalue weighted by atomic mass is 35.5. The zero-order valence-corrected chi connectivity index (χ0v) is 12.9. The second-order valence-corrected chi connectivity index (χ2v) is 6.77. The van der Waals surface area contributed by atoms with Gasteiger partial charge in [-0.15, -0.1) is 0 Å². The first-order chi connectivity index (χ1) is 9.81. The molecule has 3 heteroatoms. The molecular weight excluding hydrogens is 268 g/mol. The highest BCUT2D eigenvalue weighted by molar-refractivity contribution is 6.30. The number of hydrogen-bond donors (Lipinski definition) is 1. The van der Waals surface area contributed by atoms with Crippen LogP contribution in [0.2, 0.25) is 5.02 Å². The molecule has 110 valence electrons. The van der Waals surface area contributed by atoms with Gasteiger partial charge in [-0.2, -0.15) is 0 Å². The highest BCUT2D eigenvalue weighted by Crippen LogP contribution is 2.35. The Bertz CT molecular complexity index is 435. The van der Waals surface area contributed by atoms with Crippen LogP contribution in [-0.2, 0) is 0 Å². The minimum Gasteiger partial charge on any atom is -0.384 e. The van der Waals surface area contributed by atoms with Crippen LogP contribution in [0, 0.1) is 11.8 Å². The quantitative estimate of drug-likeness (QED) is 0.892. The molecule has 2 fully saturated rings. The Hall–Kier alpha value is -0.730. The number of halogens is 1. The normalized spacial score (nSPS) is 27.1. The monoisotopic (exact) mass is 292 g/mol. The Kier molecular flexibility index (Phi) is 4.85. The average molecular weight is 293 g/mol. The van der Waals surface area contributed by atoms with E-state index in [2.05, 4.69) is 16.3 Å². The predicted octanol–water partition coefficient (Wildman–Crippen LogP) is 4.26. The van der Waals surface area contributed by atoms with Crippen molar-refractivity contribution in [1.82, 2.24) is 4.90 Å². The van der Waals surface area contributed by atoms with Crippen LogP contribution < -0.4 is 5.32 Å². The minimum atomic E-state index is 0.804. The van der Waals surface area contributed by atoms with Gasteiger partial charge < -0.3 is 10.2 Å². The van der Waals surface area contributed by atoms with Gasteiger partial charge in [0.2, 0.25) is 0 Å². The highest BCUT2D eigenvalue weighted by Gasteiger charge is 2.30.